The number of carbonyl (C=O) groups is 1. The van der Waals surface area contributed by atoms with E-state index in [1.165, 1.54) is 0 Å². The molecule has 1 aliphatic heterocycles. The Labute approximate surface area is 79.9 Å². The fourth-order valence-electron chi connectivity index (χ4n) is 1.77. The molecule has 1 unspecified atom stereocenters. The number of nitrogens with zero attached hydrogens (tertiary/aromatic N) is 1. The molecule has 13 heavy (non-hydrogen) atoms. The third-order valence-corrected chi connectivity index (χ3v) is 2.47. The van der Waals surface area contributed by atoms with E-state index in [0.29, 0.717) is 12.5 Å². The lowest BCUT2D eigenvalue weighted by Crippen LogP contribution is -2.33. The van der Waals surface area contributed by atoms with E-state index in [1.807, 2.05) is 17.1 Å². The predicted molar refractivity (Wildman–Crippen MR) is 54.4 cm³/mol. The molecule has 1 atom stereocenters. The van der Waals surface area contributed by atoms with Crippen molar-refractivity contribution in [1.29, 1.82) is 0 Å². The number of hydrogen-bond donors (Lipinski definition) is 0. The van der Waals surface area contributed by atoms with Crippen molar-refractivity contribution >= 4 is 5.91 Å². The van der Waals surface area contributed by atoms with Gasteiger partial charge in [0, 0.05) is 19.0 Å². The van der Waals surface area contributed by atoms with E-state index in [4.69, 9.17) is 0 Å². The van der Waals surface area contributed by atoms with Gasteiger partial charge in [0.1, 0.15) is 0 Å². The standard InChI is InChI=1S/C11H17NO/c1-3-5-9-12-10(6-4-2)7-8-11(12)13/h3-4,10H,1-2,5-9H2. The summed E-state index contributed by atoms with van der Waals surface area (Å²) >= 11 is 0. The summed E-state index contributed by atoms with van der Waals surface area (Å²) in [5, 5.41) is 0. The van der Waals surface area contributed by atoms with Crippen LogP contribution in [0.2, 0.25) is 0 Å². The zero-order valence-electron chi connectivity index (χ0n) is 8.04. The first-order valence-electron chi connectivity index (χ1n) is 4.81. The zero-order chi connectivity index (χ0) is 9.68. The van der Waals surface area contributed by atoms with Gasteiger partial charge in [0.25, 0.3) is 0 Å². The average Bonchev–Trinajstić information content (AvgIpc) is 2.45. The van der Waals surface area contributed by atoms with Crippen molar-refractivity contribution < 1.29 is 4.79 Å². The van der Waals surface area contributed by atoms with Gasteiger partial charge in [-0.2, -0.15) is 0 Å². The third kappa shape index (κ3) is 2.44. The molecule has 0 N–H and O–H groups in total. The van der Waals surface area contributed by atoms with Gasteiger partial charge in [0.15, 0.2) is 0 Å². The molecule has 1 rings (SSSR count). The maximum absolute atomic E-state index is 11.4. The van der Waals surface area contributed by atoms with E-state index in [1.54, 1.807) is 0 Å². The van der Waals surface area contributed by atoms with E-state index in [0.717, 1.165) is 25.8 Å². The van der Waals surface area contributed by atoms with Gasteiger partial charge in [0.05, 0.1) is 0 Å². The number of carbonyl (C=O) groups excluding carboxylic acids is 1. The Morgan fingerprint density at radius 2 is 2.23 bits per heavy atom. The Balaban J connectivity index is 2.48. The molecule has 0 aromatic rings. The number of amides is 1. The molecule has 1 heterocycles. The molecule has 0 aliphatic carbocycles. The van der Waals surface area contributed by atoms with Crippen molar-refractivity contribution in [3.05, 3.63) is 25.3 Å². The van der Waals surface area contributed by atoms with E-state index in [-0.39, 0.29) is 5.91 Å². The van der Waals surface area contributed by atoms with Crippen LogP contribution in [0.5, 0.6) is 0 Å². The minimum atomic E-state index is 0.286. The SMILES string of the molecule is C=CCCN1C(=O)CCC1CC=C. The van der Waals surface area contributed by atoms with Crippen LogP contribution in [0, 0.1) is 0 Å². The van der Waals surface area contributed by atoms with E-state index >= 15 is 0 Å². The number of hydrogen-bond acceptors (Lipinski definition) is 1. The van der Waals surface area contributed by atoms with Crippen LogP contribution < -0.4 is 0 Å². The molecule has 72 valence electrons. The molecule has 0 aromatic carbocycles. The molecule has 0 aromatic heterocycles. The Kier molecular flexibility index (Phi) is 3.74. The van der Waals surface area contributed by atoms with Gasteiger partial charge in [-0.1, -0.05) is 12.2 Å². The molecule has 0 saturated carbocycles. The topological polar surface area (TPSA) is 20.3 Å². The lowest BCUT2D eigenvalue weighted by molar-refractivity contribution is -0.128. The van der Waals surface area contributed by atoms with Crippen LogP contribution in [-0.2, 0) is 4.79 Å². The normalized spacial score (nSPS) is 22.0. The van der Waals surface area contributed by atoms with Crippen molar-refractivity contribution in [3.8, 4) is 0 Å². The maximum Gasteiger partial charge on any atom is 0.222 e. The fourth-order valence-corrected chi connectivity index (χ4v) is 1.77. The second-order valence-corrected chi connectivity index (χ2v) is 3.38. The first-order chi connectivity index (χ1) is 6.29. The van der Waals surface area contributed by atoms with Gasteiger partial charge >= 0.3 is 0 Å². The van der Waals surface area contributed by atoms with E-state index in [2.05, 4.69) is 13.2 Å². The van der Waals surface area contributed by atoms with Gasteiger partial charge in [0.2, 0.25) is 5.91 Å². The van der Waals surface area contributed by atoms with Crippen molar-refractivity contribution in [2.24, 2.45) is 0 Å². The van der Waals surface area contributed by atoms with Crippen LogP contribution >= 0.6 is 0 Å². The van der Waals surface area contributed by atoms with Gasteiger partial charge in [-0.25, -0.2) is 0 Å². The molecule has 0 spiro atoms. The highest BCUT2D eigenvalue weighted by molar-refractivity contribution is 5.78. The van der Waals surface area contributed by atoms with Crippen molar-refractivity contribution in [1.82, 2.24) is 4.90 Å². The van der Waals surface area contributed by atoms with Crippen LogP contribution in [0.15, 0.2) is 25.3 Å². The van der Waals surface area contributed by atoms with E-state index in [9.17, 15) is 4.79 Å². The molecule has 1 fully saturated rings. The van der Waals surface area contributed by atoms with Crippen molar-refractivity contribution in [3.63, 3.8) is 0 Å². The van der Waals surface area contributed by atoms with Crippen LogP contribution in [0.4, 0.5) is 0 Å². The zero-order valence-corrected chi connectivity index (χ0v) is 8.04. The summed E-state index contributed by atoms with van der Waals surface area (Å²) in [4.78, 5) is 13.4. The van der Waals surface area contributed by atoms with Gasteiger partial charge in [-0.3, -0.25) is 4.79 Å². The molecule has 2 heteroatoms. The molecule has 0 radical (unpaired) electrons. The van der Waals surface area contributed by atoms with Crippen LogP contribution in [0.1, 0.15) is 25.7 Å². The molecular weight excluding hydrogens is 162 g/mol. The summed E-state index contributed by atoms with van der Waals surface area (Å²) in [6, 6.07) is 0.393. The molecule has 1 amide bonds. The summed E-state index contributed by atoms with van der Waals surface area (Å²) in [5.41, 5.74) is 0. The number of rotatable bonds is 5. The second kappa shape index (κ2) is 4.85. The van der Waals surface area contributed by atoms with Crippen LogP contribution in [0.3, 0.4) is 0 Å². The largest absolute Gasteiger partial charge is 0.339 e. The monoisotopic (exact) mass is 179 g/mol. The Morgan fingerprint density at radius 1 is 1.46 bits per heavy atom. The summed E-state index contributed by atoms with van der Waals surface area (Å²) < 4.78 is 0. The van der Waals surface area contributed by atoms with Crippen LogP contribution in [-0.4, -0.2) is 23.4 Å². The molecular formula is C11H17NO. The van der Waals surface area contributed by atoms with Crippen molar-refractivity contribution in [2.75, 3.05) is 6.54 Å². The summed E-state index contributed by atoms with van der Waals surface area (Å²) in [6.45, 7) is 8.19. The van der Waals surface area contributed by atoms with Crippen LogP contribution in [0.25, 0.3) is 0 Å². The smallest absolute Gasteiger partial charge is 0.222 e. The molecule has 1 saturated heterocycles. The Bertz CT molecular complexity index is 210. The minimum Gasteiger partial charge on any atom is -0.339 e. The highest BCUT2D eigenvalue weighted by atomic mass is 16.2. The highest BCUT2D eigenvalue weighted by Crippen LogP contribution is 2.21. The summed E-state index contributed by atoms with van der Waals surface area (Å²) in [7, 11) is 0. The Hall–Kier alpha value is -1.05. The van der Waals surface area contributed by atoms with Gasteiger partial charge in [-0.15, -0.1) is 13.2 Å². The van der Waals surface area contributed by atoms with Gasteiger partial charge in [-0.05, 0) is 19.3 Å². The minimum absolute atomic E-state index is 0.286. The number of likely N-dealkylation sites (tertiary alicyclic amines) is 1. The third-order valence-electron chi connectivity index (χ3n) is 2.47. The Morgan fingerprint density at radius 3 is 2.85 bits per heavy atom. The highest BCUT2D eigenvalue weighted by Gasteiger charge is 2.28. The lowest BCUT2D eigenvalue weighted by atomic mass is 10.1. The summed E-state index contributed by atoms with van der Waals surface area (Å²) in [6.07, 6.45) is 7.25. The first kappa shape index (κ1) is 10.0. The van der Waals surface area contributed by atoms with Gasteiger partial charge < -0.3 is 4.90 Å². The maximum atomic E-state index is 11.4. The first-order valence-corrected chi connectivity index (χ1v) is 4.81. The fraction of sp³-hybridized carbons (Fsp3) is 0.545. The van der Waals surface area contributed by atoms with E-state index < -0.39 is 0 Å². The molecule has 1 aliphatic rings. The predicted octanol–water partition coefficient (Wildman–Crippen LogP) is 2.13. The molecule has 0 bridgehead atoms. The second-order valence-electron chi connectivity index (χ2n) is 3.38. The average molecular weight is 179 g/mol. The summed E-state index contributed by atoms with van der Waals surface area (Å²) in [5.74, 6) is 0.286. The molecule has 2 nitrogen and oxygen atoms in total. The van der Waals surface area contributed by atoms with Crippen molar-refractivity contribution in [2.45, 2.75) is 31.7 Å². The quantitative estimate of drug-likeness (QED) is 0.592. The lowest BCUT2D eigenvalue weighted by Gasteiger charge is -2.23.